The van der Waals surface area contributed by atoms with Crippen LogP contribution in [0.25, 0.3) is 34.1 Å². The Morgan fingerprint density at radius 1 is 1.10 bits per heavy atom. The number of alkyl halides is 2. The summed E-state index contributed by atoms with van der Waals surface area (Å²) in [6.07, 6.45) is 9.90. The van der Waals surface area contributed by atoms with E-state index >= 15 is 0 Å². The average Bonchev–Trinajstić information content (AvgIpc) is 3.73. The van der Waals surface area contributed by atoms with E-state index in [9.17, 15) is 4.79 Å². The number of halogens is 1. The second-order valence-corrected chi connectivity index (χ2v) is 15.9. The van der Waals surface area contributed by atoms with Crippen LogP contribution in [0.4, 0.5) is 5.82 Å². The topological polar surface area (TPSA) is 120 Å². The molecule has 2 aliphatic rings. The van der Waals surface area contributed by atoms with Crippen molar-refractivity contribution in [2.24, 2.45) is 0 Å². The molecule has 7 rings (SSSR count). The number of aromatic nitrogens is 6. The molecule has 0 radical (unpaired) electrons. The Bertz CT molecular complexity index is 1780. The molecule has 1 aliphatic heterocycles. The van der Waals surface area contributed by atoms with E-state index in [0.717, 1.165) is 59.2 Å². The quantitative estimate of drug-likeness (QED) is 0.116. The maximum atomic E-state index is 12.1. The van der Waals surface area contributed by atoms with Crippen molar-refractivity contribution in [1.29, 1.82) is 0 Å². The normalized spacial score (nSPS) is 17.8. The minimum absolute atomic E-state index is 0.0529. The van der Waals surface area contributed by atoms with E-state index < -0.39 is 20.1 Å². The SMILES string of the molecule is C=CC(=O)N1CCCI(NC2CCc3cc(-n4c(-c5cccnc5N)nc5ccc(-n6cccn6)nc54)ccc32)CC1. The van der Waals surface area contributed by atoms with Crippen LogP contribution in [0.15, 0.2) is 79.8 Å². The number of amides is 1. The molecule has 1 saturated heterocycles. The molecule has 0 spiro atoms. The van der Waals surface area contributed by atoms with Crippen LogP contribution in [0, 0.1) is 0 Å². The summed E-state index contributed by atoms with van der Waals surface area (Å²) in [5.74, 6) is 1.90. The Morgan fingerprint density at radius 3 is 2.86 bits per heavy atom. The number of hydrogen-bond donors (Lipinski definition) is 2. The van der Waals surface area contributed by atoms with Crippen molar-refractivity contribution in [3.63, 3.8) is 0 Å². The Hall–Kier alpha value is -4.10. The number of hydrogen-bond acceptors (Lipinski definition) is 7. The first-order chi connectivity index (χ1) is 20.6. The zero-order chi connectivity index (χ0) is 28.6. The van der Waals surface area contributed by atoms with Gasteiger partial charge in [-0.25, -0.2) is 0 Å². The first kappa shape index (κ1) is 26.8. The molecule has 1 amide bonds. The first-order valence-corrected chi connectivity index (χ1v) is 18.2. The van der Waals surface area contributed by atoms with Gasteiger partial charge in [-0.3, -0.25) is 0 Å². The summed E-state index contributed by atoms with van der Waals surface area (Å²) in [5, 5.41) is 4.37. The first-order valence-electron chi connectivity index (χ1n) is 14.1. The van der Waals surface area contributed by atoms with Crippen molar-refractivity contribution < 1.29 is 4.79 Å². The van der Waals surface area contributed by atoms with Crippen LogP contribution in [0.1, 0.15) is 30.0 Å². The van der Waals surface area contributed by atoms with Gasteiger partial charge in [0.05, 0.1) is 0 Å². The molecule has 5 aromatic rings. The molecule has 0 bridgehead atoms. The van der Waals surface area contributed by atoms with Gasteiger partial charge in [-0.1, -0.05) is 0 Å². The zero-order valence-corrected chi connectivity index (χ0v) is 25.3. The molecule has 214 valence electrons. The number of benzene rings is 1. The van der Waals surface area contributed by atoms with Crippen LogP contribution in [0.3, 0.4) is 0 Å². The summed E-state index contributed by atoms with van der Waals surface area (Å²) in [6.45, 7) is 5.34. The molecule has 10 nitrogen and oxygen atoms in total. The van der Waals surface area contributed by atoms with Gasteiger partial charge in [0.15, 0.2) is 0 Å². The van der Waals surface area contributed by atoms with E-state index in [1.807, 2.05) is 41.4 Å². The predicted molar refractivity (Wildman–Crippen MR) is 173 cm³/mol. The number of carbonyl (C=O) groups is 1. The number of nitrogens with zero attached hydrogens (tertiary/aromatic N) is 7. The van der Waals surface area contributed by atoms with Gasteiger partial charge in [0.1, 0.15) is 0 Å². The summed E-state index contributed by atoms with van der Waals surface area (Å²) < 4.78 is 10.2. The van der Waals surface area contributed by atoms with E-state index in [0.29, 0.717) is 23.5 Å². The van der Waals surface area contributed by atoms with Crippen molar-refractivity contribution in [2.75, 3.05) is 27.7 Å². The van der Waals surface area contributed by atoms with Gasteiger partial charge in [0.2, 0.25) is 0 Å². The monoisotopic (exact) mass is 673 g/mol. The molecule has 11 heteroatoms. The second-order valence-electron chi connectivity index (χ2n) is 10.5. The van der Waals surface area contributed by atoms with Crippen molar-refractivity contribution in [1.82, 2.24) is 37.7 Å². The molecular formula is C31H32IN9O. The molecule has 1 aromatic carbocycles. The number of imidazole rings is 1. The van der Waals surface area contributed by atoms with Gasteiger partial charge in [0.25, 0.3) is 0 Å². The number of fused-ring (bicyclic) bond motifs is 2. The Kier molecular flexibility index (Phi) is 7.20. The van der Waals surface area contributed by atoms with Gasteiger partial charge >= 0.3 is 240 Å². The van der Waals surface area contributed by atoms with E-state index in [-0.39, 0.29) is 5.91 Å². The fourth-order valence-electron chi connectivity index (χ4n) is 5.83. The third-order valence-electron chi connectivity index (χ3n) is 7.92. The molecule has 42 heavy (non-hydrogen) atoms. The Morgan fingerprint density at radius 2 is 2.02 bits per heavy atom. The number of nitrogens with two attached hydrogens (primary N) is 1. The average molecular weight is 674 g/mol. The van der Waals surface area contributed by atoms with E-state index in [2.05, 4.69) is 43.0 Å². The minimum atomic E-state index is -1.39. The van der Waals surface area contributed by atoms with Gasteiger partial charge in [-0.2, -0.15) is 0 Å². The molecule has 3 N–H and O–H groups in total. The van der Waals surface area contributed by atoms with E-state index in [1.54, 1.807) is 17.1 Å². The van der Waals surface area contributed by atoms with Gasteiger partial charge in [0, 0.05) is 6.20 Å². The summed E-state index contributed by atoms with van der Waals surface area (Å²) in [6, 6.07) is 16.7. The molecule has 5 heterocycles. The van der Waals surface area contributed by atoms with Crippen LogP contribution in [-0.2, 0) is 11.2 Å². The van der Waals surface area contributed by atoms with Crippen LogP contribution in [0.2, 0.25) is 0 Å². The van der Waals surface area contributed by atoms with Gasteiger partial charge in [-0.05, 0) is 6.07 Å². The summed E-state index contributed by atoms with van der Waals surface area (Å²) in [7, 11) is 0. The number of pyridine rings is 2. The number of carbonyl (C=O) groups excluding carboxylic acids is 1. The van der Waals surface area contributed by atoms with Crippen LogP contribution in [0.5, 0.6) is 0 Å². The van der Waals surface area contributed by atoms with Gasteiger partial charge < -0.3 is 0 Å². The number of aryl methyl sites for hydroxylation is 1. The van der Waals surface area contributed by atoms with Crippen molar-refractivity contribution in [3.05, 3.63) is 90.9 Å². The van der Waals surface area contributed by atoms with Crippen molar-refractivity contribution >= 4 is 43.0 Å². The van der Waals surface area contributed by atoms with Crippen molar-refractivity contribution in [3.8, 4) is 22.9 Å². The van der Waals surface area contributed by atoms with E-state index in [4.69, 9.17) is 15.7 Å². The molecule has 1 fully saturated rings. The number of anilines is 1. The molecule has 1 atom stereocenters. The van der Waals surface area contributed by atoms with Crippen LogP contribution in [-0.4, -0.2) is 62.1 Å². The number of nitrogens with one attached hydrogen (secondary N) is 1. The fraction of sp³-hybridized carbons (Fsp3) is 0.258. The van der Waals surface area contributed by atoms with Gasteiger partial charge in [-0.15, -0.1) is 0 Å². The third kappa shape index (κ3) is 4.96. The molecular weight excluding hydrogens is 641 g/mol. The van der Waals surface area contributed by atoms with Crippen molar-refractivity contribution in [2.45, 2.75) is 25.3 Å². The maximum absolute atomic E-state index is 12.1. The number of nitrogen functional groups attached to an aromatic ring is 1. The predicted octanol–water partition coefficient (Wildman–Crippen LogP) is 4.67. The number of rotatable bonds is 6. The molecule has 1 aliphatic carbocycles. The molecule has 4 aromatic heterocycles. The second kappa shape index (κ2) is 11.3. The Balaban J connectivity index is 1.23. The fourth-order valence-corrected chi connectivity index (χ4v) is 11.1. The standard InChI is InChI=1S/C31H32IN9O/c1-2-28(42)39-17-4-13-32(14-19-39)38-25-10-7-21-20-22(8-9-23(21)25)41-30(24-6-3-15-34-29(24)33)36-26-11-12-27(37-31(26)41)40-18-5-16-35-40/h2-3,5-6,8-9,11-12,15-16,18,20,25,38H,1,4,7,10,13-14,17,19H2,(H2,33,34). The summed E-state index contributed by atoms with van der Waals surface area (Å²) >= 11 is -1.39. The van der Waals surface area contributed by atoms with Crippen LogP contribution >= 0.6 is 20.1 Å². The molecule has 0 saturated carbocycles. The van der Waals surface area contributed by atoms with Crippen LogP contribution < -0.4 is 9.26 Å². The summed E-state index contributed by atoms with van der Waals surface area (Å²) in [4.78, 5) is 28.4. The summed E-state index contributed by atoms with van der Waals surface area (Å²) in [5.41, 5.74) is 12.3. The Labute approximate surface area is 251 Å². The zero-order valence-electron chi connectivity index (χ0n) is 23.2. The molecule has 1 unspecified atom stereocenters. The van der Waals surface area contributed by atoms with E-state index in [1.165, 1.54) is 21.6 Å². The third-order valence-corrected chi connectivity index (χ3v) is 13.4.